The fraction of sp³-hybridized carbons (Fsp3) is 0.0952. The van der Waals surface area contributed by atoms with Gasteiger partial charge in [-0.2, -0.15) is 0 Å². The topological polar surface area (TPSA) is 20.3 Å². The van der Waals surface area contributed by atoms with E-state index >= 15 is 0 Å². The van der Waals surface area contributed by atoms with Gasteiger partial charge in [0, 0.05) is 15.5 Å². The van der Waals surface area contributed by atoms with Crippen molar-refractivity contribution in [2.75, 3.05) is 10.7 Å². The molecule has 0 unspecified atom stereocenters. The molecule has 0 spiro atoms. The molecule has 124 valence electrons. The number of benzene rings is 3. The van der Waals surface area contributed by atoms with Crippen LogP contribution in [0, 0.1) is 0 Å². The molecular weight excluding hydrogens is 346 g/mol. The molecule has 1 aliphatic rings. The first-order chi connectivity index (χ1) is 12.3. The molecule has 0 saturated heterocycles. The molecule has 3 aromatic carbocycles. The Morgan fingerprint density at radius 3 is 2.00 bits per heavy atom. The summed E-state index contributed by atoms with van der Waals surface area (Å²) in [5, 5.41) is 0. The molecule has 1 heterocycles. The van der Waals surface area contributed by atoms with Crippen LogP contribution >= 0.6 is 23.5 Å². The molecule has 0 radical (unpaired) electrons. The van der Waals surface area contributed by atoms with Crippen LogP contribution in [-0.2, 0) is 10.5 Å². The van der Waals surface area contributed by atoms with E-state index in [4.69, 9.17) is 0 Å². The maximum absolute atomic E-state index is 13.0. The molecule has 3 aromatic rings. The molecular formula is C21H17NOS2. The first-order valence-corrected chi connectivity index (χ1v) is 10.1. The Balaban J connectivity index is 1.55. The normalized spacial score (nSPS) is 12.4. The smallest absolute Gasteiger partial charge is 0.241 e. The SMILES string of the molecule is O=C(CSCc1ccccc1)N1c2ccccc2Sc2ccccc21. The van der Waals surface area contributed by atoms with Crippen molar-refractivity contribution in [2.24, 2.45) is 0 Å². The van der Waals surface area contributed by atoms with Crippen LogP contribution < -0.4 is 4.90 Å². The highest BCUT2D eigenvalue weighted by atomic mass is 32.2. The van der Waals surface area contributed by atoms with Crippen LogP contribution in [0.25, 0.3) is 0 Å². The first kappa shape index (κ1) is 16.3. The molecule has 0 fully saturated rings. The fourth-order valence-electron chi connectivity index (χ4n) is 2.87. The van der Waals surface area contributed by atoms with Crippen LogP contribution in [0.3, 0.4) is 0 Å². The summed E-state index contributed by atoms with van der Waals surface area (Å²) in [5.74, 6) is 1.43. The lowest BCUT2D eigenvalue weighted by Crippen LogP contribution is -2.30. The van der Waals surface area contributed by atoms with Crippen molar-refractivity contribution >= 4 is 40.8 Å². The lowest BCUT2D eigenvalue weighted by Gasteiger charge is -2.31. The van der Waals surface area contributed by atoms with Gasteiger partial charge >= 0.3 is 0 Å². The molecule has 2 nitrogen and oxygen atoms in total. The van der Waals surface area contributed by atoms with Crippen LogP contribution in [0.2, 0.25) is 0 Å². The zero-order chi connectivity index (χ0) is 17.1. The minimum atomic E-state index is 0.126. The highest BCUT2D eigenvalue weighted by molar-refractivity contribution is 8.00. The Morgan fingerprint density at radius 2 is 1.36 bits per heavy atom. The quantitative estimate of drug-likeness (QED) is 0.589. The van der Waals surface area contributed by atoms with Crippen LogP contribution in [0.15, 0.2) is 88.7 Å². The van der Waals surface area contributed by atoms with Crippen LogP contribution in [-0.4, -0.2) is 11.7 Å². The third-order valence-corrected chi connectivity index (χ3v) is 6.14. The Morgan fingerprint density at radius 1 is 0.800 bits per heavy atom. The van der Waals surface area contributed by atoms with Crippen molar-refractivity contribution in [3.05, 3.63) is 84.4 Å². The molecule has 0 aromatic heterocycles. The number of thioether (sulfide) groups is 1. The number of nitrogens with zero attached hydrogens (tertiary/aromatic N) is 1. The van der Waals surface area contributed by atoms with E-state index in [2.05, 4.69) is 24.3 Å². The van der Waals surface area contributed by atoms with Crippen molar-refractivity contribution in [1.29, 1.82) is 0 Å². The second kappa shape index (κ2) is 7.38. The van der Waals surface area contributed by atoms with E-state index in [0.29, 0.717) is 5.75 Å². The molecule has 0 aliphatic carbocycles. The van der Waals surface area contributed by atoms with E-state index in [1.54, 1.807) is 23.5 Å². The molecule has 4 heteroatoms. The molecule has 0 bridgehead atoms. The van der Waals surface area contributed by atoms with Crippen molar-refractivity contribution in [3.63, 3.8) is 0 Å². The number of carbonyl (C=O) groups excluding carboxylic acids is 1. The van der Waals surface area contributed by atoms with E-state index in [0.717, 1.165) is 26.9 Å². The van der Waals surface area contributed by atoms with E-state index < -0.39 is 0 Å². The standard InChI is InChI=1S/C21H17NOS2/c23-21(15-24-14-16-8-2-1-3-9-16)22-17-10-4-6-12-19(17)25-20-13-7-5-11-18(20)22/h1-13H,14-15H2. The number of carbonyl (C=O) groups is 1. The maximum Gasteiger partial charge on any atom is 0.241 e. The van der Waals surface area contributed by atoms with Gasteiger partial charge in [0.1, 0.15) is 0 Å². The molecule has 0 saturated carbocycles. The second-order valence-corrected chi connectivity index (χ2v) is 7.81. The summed E-state index contributed by atoms with van der Waals surface area (Å²) >= 11 is 3.38. The molecule has 1 amide bonds. The van der Waals surface area contributed by atoms with Gasteiger partial charge in [-0.25, -0.2) is 0 Å². The Kier molecular flexibility index (Phi) is 4.81. The molecule has 25 heavy (non-hydrogen) atoms. The average Bonchev–Trinajstić information content (AvgIpc) is 2.66. The van der Waals surface area contributed by atoms with Crippen LogP contribution in [0.4, 0.5) is 11.4 Å². The van der Waals surface area contributed by atoms with Crippen molar-refractivity contribution in [1.82, 2.24) is 0 Å². The van der Waals surface area contributed by atoms with Crippen LogP contribution in [0.1, 0.15) is 5.56 Å². The minimum absolute atomic E-state index is 0.126. The molecule has 1 aliphatic heterocycles. The third kappa shape index (κ3) is 3.46. The number of rotatable bonds is 4. The number of amides is 1. The minimum Gasteiger partial charge on any atom is -0.278 e. The molecule has 0 N–H and O–H groups in total. The number of para-hydroxylation sites is 2. The largest absolute Gasteiger partial charge is 0.278 e. The fourth-order valence-corrected chi connectivity index (χ4v) is 4.76. The van der Waals surface area contributed by atoms with Gasteiger partial charge < -0.3 is 0 Å². The number of hydrogen-bond donors (Lipinski definition) is 0. The maximum atomic E-state index is 13.0. The van der Waals surface area contributed by atoms with Gasteiger partial charge in [0.25, 0.3) is 0 Å². The number of hydrogen-bond acceptors (Lipinski definition) is 3. The van der Waals surface area contributed by atoms with Gasteiger partial charge in [-0.15, -0.1) is 11.8 Å². The summed E-state index contributed by atoms with van der Waals surface area (Å²) in [6, 6.07) is 26.5. The Bertz CT molecular complexity index is 850. The van der Waals surface area contributed by atoms with Gasteiger partial charge in [-0.1, -0.05) is 66.4 Å². The number of fused-ring (bicyclic) bond motifs is 2. The van der Waals surface area contributed by atoms with Crippen LogP contribution in [0.5, 0.6) is 0 Å². The van der Waals surface area contributed by atoms with Crippen molar-refractivity contribution < 1.29 is 4.79 Å². The Labute approximate surface area is 156 Å². The predicted octanol–water partition coefficient (Wildman–Crippen LogP) is 5.75. The van der Waals surface area contributed by atoms with E-state index in [1.165, 1.54) is 5.56 Å². The van der Waals surface area contributed by atoms with Gasteiger partial charge in [-0.05, 0) is 29.8 Å². The average molecular weight is 364 g/mol. The molecule has 4 rings (SSSR count). The zero-order valence-corrected chi connectivity index (χ0v) is 15.2. The summed E-state index contributed by atoms with van der Waals surface area (Å²) in [7, 11) is 0. The molecule has 0 atom stereocenters. The highest BCUT2D eigenvalue weighted by Gasteiger charge is 2.27. The first-order valence-electron chi connectivity index (χ1n) is 8.13. The third-order valence-electron chi connectivity index (χ3n) is 4.02. The summed E-state index contributed by atoms with van der Waals surface area (Å²) in [6.07, 6.45) is 0. The van der Waals surface area contributed by atoms with Gasteiger partial charge in [0.05, 0.1) is 17.1 Å². The van der Waals surface area contributed by atoms with E-state index in [1.807, 2.05) is 59.5 Å². The summed E-state index contributed by atoms with van der Waals surface area (Å²) in [6.45, 7) is 0. The zero-order valence-electron chi connectivity index (χ0n) is 13.6. The lowest BCUT2D eigenvalue weighted by molar-refractivity contribution is -0.115. The highest BCUT2D eigenvalue weighted by Crippen LogP contribution is 2.48. The number of anilines is 2. The lowest BCUT2D eigenvalue weighted by atomic mass is 10.2. The van der Waals surface area contributed by atoms with Crippen molar-refractivity contribution in [2.45, 2.75) is 15.5 Å². The van der Waals surface area contributed by atoms with E-state index in [-0.39, 0.29) is 5.91 Å². The van der Waals surface area contributed by atoms with Gasteiger partial charge in [-0.3, -0.25) is 9.69 Å². The second-order valence-electron chi connectivity index (χ2n) is 5.75. The predicted molar refractivity (Wildman–Crippen MR) is 107 cm³/mol. The summed E-state index contributed by atoms with van der Waals surface area (Å²) < 4.78 is 0. The van der Waals surface area contributed by atoms with Gasteiger partial charge in [0.2, 0.25) is 5.91 Å². The monoisotopic (exact) mass is 363 g/mol. The van der Waals surface area contributed by atoms with E-state index in [9.17, 15) is 4.79 Å². The summed E-state index contributed by atoms with van der Waals surface area (Å²) in [5.41, 5.74) is 3.21. The van der Waals surface area contributed by atoms with Gasteiger partial charge in [0.15, 0.2) is 0 Å². The Hall–Kier alpha value is -2.17. The summed E-state index contributed by atoms with van der Waals surface area (Å²) in [4.78, 5) is 17.1. The van der Waals surface area contributed by atoms with Crippen molar-refractivity contribution in [3.8, 4) is 0 Å².